The van der Waals surface area contributed by atoms with Gasteiger partial charge in [-0.05, 0) is 116 Å². The Kier molecular flexibility index (Phi) is 59.9. The molecule has 0 fully saturated rings. The van der Waals surface area contributed by atoms with Gasteiger partial charge in [-0.1, -0.05) is 271 Å². The van der Waals surface area contributed by atoms with E-state index in [1.54, 1.807) is 0 Å². The molecule has 76 heavy (non-hydrogen) atoms. The number of esters is 3. The van der Waals surface area contributed by atoms with Crippen LogP contribution in [0.4, 0.5) is 0 Å². The second kappa shape index (κ2) is 63.3. The van der Waals surface area contributed by atoms with E-state index in [1.807, 2.05) is 0 Å². The van der Waals surface area contributed by atoms with Crippen molar-refractivity contribution in [1.82, 2.24) is 0 Å². The van der Waals surface area contributed by atoms with Crippen molar-refractivity contribution in [2.24, 2.45) is 0 Å². The zero-order valence-corrected chi connectivity index (χ0v) is 49.5. The van der Waals surface area contributed by atoms with E-state index in [9.17, 15) is 14.4 Å². The highest BCUT2D eigenvalue weighted by Gasteiger charge is 2.19. The van der Waals surface area contributed by atoms with Gasteiger partial charge in [0.15, 0.2) is 6.10 Å². The van der Waals surface area contributed by atoms with Crippen molar-refractivity contribution >= 4 is 17.9 Å². The van der Waals surface area contributed by atoms with Gasteiger partial charge in [-0.3, -0.25) is 14.4 Å². The molecule has 1 atom stereocenters. The molecular formula is C70H116O6. The van der Waals surface area contributed by atoms with Crippen molar-refractivity contribution in [3.05, 3.63) is 122 Å². The van der Waals surface area contributed by atoms with Crippen LogP contribution in [0.3, 0.4) is 0 Å². The molecule has 0 aromatic carbocycles. The van der Waals surface area contributed by atoms with Gasteiger partial charge in [0.05, 0.1) is 0 Å². The summed E-state index contributed by atoms with van der Waals surface area (Å²) < 4.78 is 16.9. The summed E-state index contributed by atoms with van der Waals surface area (Å²) in [6, 6.07) is 0. The van der Waals surface area contributed by atoms with Gasteiger partial charge >= 0.3 is 17.9 Å². The fraction of sp³-hybridized carbons (Fsp3) is 0.671. The lowest BCUT2D eigenvalue weighted by Crippen LogP contribution is -2.30. The number of hydrogen-bond acceptors (Lipinski definition) is 6. The van der Waals surface area contributed by atoms with Crippen molar-refractivity contribution in [3.63, 3.8) is 0 Å². The van der Waals surface area contributed by atoms with Crippen molar-refractivity contribution in [1.29, 1.82) is 0 Å². The van der Waals surface area contributed by atoms with E-state index in [-0.39, 0.29) is 31.1 Å². The van der Waals surface area contributed by atoms with Gasteiger partial charge in [0.25, 0.3) is 0 Å². The number of carbonyl (C=O) groups excluding carboxylic acids is 3. The average Bonchev–Trinajstić information content (AvgIpc) is 3.42. The Morgan fingerprint density at radius 1 is 0.276 bits per heavy atom. The summed E-state index contributed by atoms with van der Waals surface area (Å²) >= 11 is 0. The molecule has 0 aromatic heterocycles. The zero-order valence-electron chi connectivity index (χ0n) is 49.5. The van der Waals surface area contributed by atoms with E-state index in [4.69, 9.17) is 14.2 Å². The van der Waals surface area contributed by atoms with Crippen molar-refractivity contribution < 1.29 is 28.6 Å². The summed E-state index contributed by atoms with van der Waals surface area (Å²) in [6.45, 7) is 6.48. The van der Waals surface area contributed by atoms with Crippen LogP contribution >= 0.6 is 0 Å². The lowest BCUT2D eigenvalue weighted by Gasteiger charge is -2.18. The van der Waals surface area contributed by atoms with Gasteiger partial charge in [-0.25, -0.2) is 0 Å². The molecular weight excluding hydrogens is 937 g/mol. The quantitative estimate of drug-likeness (QED) is 0.0261. The molecule has 0 heterocycles. The number of rotatable bonds is 56. The Morgan fingerprint density at radius 3 is 0.816 bits per heavy atom. The van der Waals surface area contributed by atoms with Gasteiger partial charge in [0, 0.05) is 19.3 Å². The molecule has 0 aliphatic carbocycles. The minimum Gasteiger partial charge on any atom is -0.462 e. The fourth-order valence-electron chi connectivity index (χ4n) is 8.49. The van der Waals surface area contributed by atoms with Crippen LogP contribution in [0.25, 0.3) is 0 Å². The lowest BCUT2D eigenvalue weighted by atomic mass is 10.1. The van der Waals surface area contributed by atoms with Crippen molar-refractivity contribution in [2.75, 3.05) is 13.2 Å². The minimum atomic E-state index is -0.795. The molecule has 0 radical (unpaired) electrons. The smallest absolute Gasteiger partial charge is 0.306 e. The number of allylic oxidation sites excluding steroid dienone is 20. The first-order valence-corrected chi connectivity index (χ1v) is 31.5. The van der Waals surface area contributed by atoms with Crippen LogP contribution in [0.2, 0.25) is 0 Å². The van der Waals surface area contributed by atoms with E-state index in [0.29, 0.717) is 19.3 Å². The number of carbonyl (C=O) groups is 3. The molecule has 0 N–H and O–H groups in total. The van der Waals surface area contributed by atoms with Crippen LogP contribution in [0.15, 0.2) is 122 Å². The Labute approximate surface area is 469 Å². The van der Waals surface area contributed by atoms with Crippen LogP contribution < -0.4 is 0 Å². The summed E-state index contributed by atoms with van der Waals surface area (Å²) in [7, 11) is 0. The maximum absolute atomic E-state index is 12.9. The Bertz CT molecular complexity index is 1590. The predicted octanol–water partition coefficient (Wildman–Crippen LogP) is 21.6. The highest BCUT2D eigenvalue weighted by atomic mass is 16.6. The van der Waals surface area contributed by atoms with E-state index in [2.05, 4.69) is 142 Å². The minimum absolute atomic E-state index is 0.0896. The number of ether oxygens (including phenoxy) is 3. The summed E-state index contributed by atoms with van der Waals surface area (Å²) in [5, 5.41) is 0. The summed E-state index contributed by atoms with van der Waals surface area (Å²) in [5.41, 5.74) is 0. The maximum Gasteiger partial charge on any atom is 0.306 e. The molecule has 0 aromatic rings. The highest BCUT2D eigenvalue weighted by Crippen LogP contribution is 2.15. The third-order valence-corrected chi connectivity index (χ3v) is 13.2. The van der Waals surface area contributed by atoms with Gasteiger partial charge in [0.2, 0.25) is 0 Å². The van der Waals surface area contributed by atoms with Crippen LogP contribution in [0.1, 0.15) is 284 Å². The third-order valence-electron chi connectivity index (χ3n) is 13.2. The monoisotopic (exact) mass is 1050 g/mol. The molecule has 0 aliphatic heterocycles. The van der Waals surface area contributed by atoms with Crippen LogP contribution in [-0.4, -0.2) is 37.2 Å². The third kappa shape index (κ3) is 60.7. The first-order chi connectivity index (χ1) is 37.5. The molecule has 0 amide bonds. The Hall–Kier alpha value is -4.19. The van der Waals surface area contributed by atoms with Crippen LogP contribution in [0, 0.1) is 0 Å². The van der Waals surface area contributed by atoms with E-state index in [1.165, 1.54) is 109 Å². The average molecular weight is 1050 g/mol. The molecule has 0 rings (SSSR count). The lowest BCUT2D eigenvalue weighted by molar-refractivity contribution is -0.167. The summed E-state index contributed by atoms with van der Waals surface area (Å²) in [4.78, 5) is 38.2. The standard InChI is InChI=1S/C70H116O6/c1-4-7-10-13-16-19-22-24-26-28-30-31-32-33-34-35-36-37-38-39-40-42-43-45-48-51-54-57-60-63-69(72)75-66-67(65-74-68(71)62-59-56-53-50-47-21-18-15-12-9-6-3)76-70(73)64-61-58-55-52-49-46-44-41-29-27-25-23-20-17-14-11-8-5-2/h7,10,16,19-20,23-24,26-27,29-31,33-34,36-37,39-40,43,45,67H,4-6,8-9,11-15,17-18,21-22,25,28,32,35,38,41-42,44,46-66H2,1-3H3/b10-7-,19-16-,23-20-,26-24-,29-27-,31-30-,34-33-,37-36-,40-39-,45-43-. The largest absolute Gasteiger partial charge is 0.462 e. The van der Waals surface area contributed by atoms with Gasteiger partial charge in [-0.15, -0.1) is 0 Å². The molecule has 0 saturated carbocycles. The fourth-order valence-corrected chi connectivity index (χ4v) is 8.49. The Balaban J connectivity index is 4.36. The molecule has 0 aliphatic rings. The second-order valence-electron chi connectivity index (χ2n) is 20.6. The highest BCUT2D eigenvalue weighted by molar-refractivity contribution is 5.71. The van der Waals surface area contributed by atoms with Gasteiger partial charge in [0.1, 0.15) is 13.2 Å². The molecule has 1 unspecified atom stereocenters. The van der Waals surface area contributed by atoms with Gasteiger partial charge in [-0.2, -0.15) is 0 Å². The molecule has 6 nitrogen and oxygen atoms in total. The van der Waals surface area contributed by atoms with Crippen molar-refractivity contribution in [2.45, 2.75) is 290 Å². The molecule has 0 bridgehead atoms. The molecule has 432 valence electrons. The second-order valence-corrected chi connectivity index (χ2v) is 20.6. The van der Waals surface area contributed by atoms with Crippen LogP contribution in [-0.2, 0) is 28.6 Å². The Morgan fingerprint density at radius 2 is 0.513 bits per heavy atom. The van der Waals surface area contributed by atoms with Crippen molar-refractivity contribution in [3.8, 4) is 0 Å². The summed E-state index contributed by atoms with van der Waals surface area (Å²) in [6.07, 6.45) is 87.7. The molecule has 6 heteroatoms. The van der Waals surface area contributed by atoms with Gasteiger partial charge < -0.3 is 14.2 Å². The van der Waals surface area contributed by atoms with E-state index >= 15 is 0 Å². The number of hydrogen-bond donors (Lipinski definition) is 0. The predicted molar refractivity (Wildman–Crippen MR) is 330 cm³/mol. The molecule has 0 spiro atoms. The maximum atomic E-state index is 12.9. The first kappa shape index (κ1) is 71.8. The zero-order chi connectivity index (χ0) is 55.0. The number of unbranched alkanes of at least 4 members (excludes halogenated alkanes) is 25. The van der Waals surface area contributed by atoms with Crippen LogP contribution in [0.5, 0.6) is 0 Å². The molecule has 0 saturated heterocycles. The topological polar surface area (TPSA) is 78.9 Å². The van der Waals surface area contributed by atoms with E-state index in [0.717, 1.165) is 135 Å². The summed E-state index contributed by atoms with van der Waals surface area (Å²) in [5.74, 6) is -0.921. The normalized spacial score (nSPS) is 12.9. The first-order valence-electron chi connectivity index (χ1n) is 31.5. The SMILES string of the molecule is CC/C=C\C/C=C\C/C=C\C/C=C\C/C=C\C/C=C\C/C=C\C/C=C\CCCCCCC(=O)OCC(COC(=O)CCCCCCCCCCCCC)OC(=O)CCCCCCCCC/C=C\C/C=C\CCCCCC. The van der Waals surface area contributed by atoms with E-state index < -0.39 is 6.10 Å².